The predicted molar refractivity (Wildman–Crippen MR) is 268 cm³/mol. The Morgan fingerprint density at radius 1 is 0.484 bits per heavy atom. The van der Waals surface area contributed by atoms with Crippen molar-refractivity contribution in [3.63, 3.8) is 0 Å². The Labute approximate surface area is 383 Å². The third-order valence-corrected chi connectivity index (χ3v) is 11.7. The first-order valence-corrected chi connectivity index (χ1v) is 26.2. The zero-order valence-electron chi connectivity index (χ0n) is 40.7. The molecule has 6 nitrogen and oxygen atoms in total. The predicted octanol–water partition coefficient (Wildman–Crippen LogP) is 15.8. The van der Waals surface area contributed by atoms with Crippen molar-refractivity contribution in [1.29, 1.82) is 0 Å². The number of ether oxygens (including phenoxy) is 1. The van der Waals surface area contributed by atoms with E-state index in [2.05, 4.69) is 38.2 Å². The molecule has 62 heavy (non-hydrogen) atoms. The molecule has 0 aliphatic heterocycles. The van der Waals surface area contributed by atoms with Crippen LogP contribution >= 0.6 is 0 Å². The van der Waals surface area contributed by atoms with Crippen molar-refractivity contribution < 1.29 is 24.5 Å². The first-order chi connectivity index (χ1) is 30.5. The topological polar surface area (TPSA) is 95.9 Å². The number of rotatable bonds is 46. The number of amides is 1. The Kier molecular flexibility index (Phi) is 47.2. The van der Waals surface area contributed by atoms with Crippen LogP contribution in [0, 0.1) is 0 Å². The van der Waals surface area contributed by atoms with E-state index in [-0.39, 0.29) is 24.9 Å². The van der Waals surface area contributed by atoms with Gasteiger partial charge in [-0.2, -0.15) is 0 Å². The summed E-state index contributed by atoms with van der Waals surface area (Å²) in [6.07, 6.45) is 62.5. The molecule has 1 amide bonds. The molecular weight excluding hydrogens is 767 g/mol. The number of aliphatic hydroxyl groups excluding tert-OH is 2. The Bertz CT molecular complexity index is 1150. The summed E-state index contributed by atoms with van der Waals surface area (Å²) in [6, 6.07) is -0.727. The molecule has 0 aliphatic rings. The highest BCUT2D eigenvalue weighted by molar-refractivity contribution is 5.77. The average Bonchev–Trinajstić information content (AvgIpc) is 3.26. The Balaban J connectivity index is 4.64. The Hall–Kier alpha value is -2.70. The van der Waals surface area contributed by atoms with Crippen LogP contribution in [0.3, 0.4) is 0 Å². The van der Waals surface area contributed by atoms with E-state index < -0.39 is 18.2 Å². The van der Waals surface area contributed by atoms with Gasteiger partial charge in [0, 0.05) is 6.42 Å². The molecule has 0 aliphatic carbocycles. The van der Waals surface area contributed by atoms with E-state index in [1.54, 1.807) is 0 Å². The van der Waals surface area contributed by atoms with Gasteiger partial charge in [-0.05, 0) is 38.5 Å². The fraction of sp³-hybridized carbons (Fsp3) is 0.750. The number of aliphatic hydroxyl groups is 2. The molecule has 358 valence electrons. The van der Waals surface area contributed by atoms with Gasteiger partial charge in [-0.15, -0.1) is 0 Å². The molecular formula is C56H99NO5. The maximum Gasteiger partial charge on any atom is 0.306 e. The van der Waals surface area contributed by atoms with E-state index >= 15 is 0 Å². The molecule has 0 rings (SSSR count). The van der Waals surface area contributed by atoms with Crippen LogP contribution in [-0.2, 0) is 14.3 Å². The lowest BCUT2D eigenvalue weighted by Crippen LogP contribution is -2.46. The van der Waals surface area contributed by atoms with Gasteiger partial charge in [0.1, 0.15) is 6.10 Å². The summed E-state index contributed by atoms with van der Waals surface area (Å²) in [6.45, 7) is 6.32. The van der Waals surface area contributed by atoms with Gasteiger partial charge >= 0.3 is 5.97 Å². The van der Waals surface area contributed by atoms with E-state index in [0.717, 1.165) is 57.8 Å². The van der Waals surface area contributed by atoms with Gasteiger partial charge in [-0.3, -0.25) is 9.59 Å². The summed E-state index contributed by atoms with van der Waals surface area (Å²) in [7, 11) is 0. The number of esters is 1. The summed E-state index contributed by atoms with van der Waals surface area (Å²) in [5.74, 6) is -0.547. The molecule has 0 aromatic heterocycles. The first kappa shape index (κ1) is 59.3. The lowest BCUT2D eigenvalue weighted by atomic mass is 10.0. The van der Waals surface area contributed by atoms with Crippen LogP contribution in [-0.4, -0.2) is 46.9 Å². The zero-order valence-corrected chi connectivity index (χ0v) is 40.7. The van der Waals surface area contributed by atoms with Crippen molar-refractivity contribution in [2.75, 3.05) is 6.61 Å². The molecule has 0 aromatic rings. The van der Waals surface area contributed by atoms with Crippen LogP contribution in [0.5, 0.6) is 0 Å². The molecule has 0 saturated carbocycles. The minimum atomic E-state index is -0.809. The number of unbranched alkanes of at least 4 members (excludes halogenated alkanes) is 27. The fourth-order valence-electron chi connectivity index (χ4n) is 7.76. The van der Waals surface area contributed by atoms with Gasteiger partial charge in [0.2, 0.25) is 5.91 Å². The molecule has 3 N–H and O–H groups in total. The number of hydrogen-bond donors (Lipinski definition) is 3. The van der Waals surface area contributed by atoms with Crippen LogP contribution in [0.15, 0.2) is 72.9 Å². The molecule has 0 fully saturated rings. The molecule has 0 heterocycles. The SMILES string of the molecule is CC\C=C/C=C/C=C/C=C\C=C\C=C\CCCC(CC(=O)NC(CO)C(O)CCCCCCCCCCCCCCCCCCC)OC(=O)CCCCCCCCCCCCC. The van der Waals surface area contributed by atoms with Gasteiger partial charge in [0.15, 0.2) is 0 Å². The van der Waals surface area contributed by atoms with Crippen LogP contribution in [0.2, 0.25) is 0 Å². The molecule has 0 radical (unpaired) electrons. The van der Waals surface area contributed by atoms with Crippen LogP contribution in [0.4, 0.5) is 0 Å². The maximum atomic E-state index is 13.2. The van der Waals surface area contributed by atoms with Gasteiger partial charge in [0.05, 0.1) is 25.2 Å². The molecule has 3 atom stereocenters. The third kappa shape index (κ3) is 43.9. The molecule has 0 spiro atoms. The fourth-order valence-corrected chi connectivity index (χ4v) is 7.76. The molecule has 3 unspecified atom stereocenters. The number of nitrogens with one attached hydrogen (secondary N) is 1. The highest BCUT2D eigenvalue weighted by Gasteiger charge is 2.24. The second-order valence-corrected chi connectivity index (χ2v) is 17.7. The quantitative estimate of drug-likeness (QED) is 0.0322. The summed E-state index contributed by atoms with van der Waals surface area (Å²) < 4.78 is 5.89. The summed E-state index contributed by atoms with van der Waals surface area (Å²) in [5.41, 5.74) is 0. The minimum absolute atomic E-state index is 0.0261. The highest BCUT2D eigenvalue weighted by atomic mass is 16.5. The minimum Gasteiger partial charge on any atom is -0.462 e. The van der Waals surface area contributed by atoms with Crippen molar-refractivity contribution in [3.8, 4) is 0 Å². The van der Waals surface area contributed by atoms with E-state index in [4.69, 9.17) is 4.74 Å². The largest absolute Gasteiger partial charge is 0.462 e. The van der Waals surface area contributed by atoms with E-state index in [1.165, 1.54) is 141 Å². The lowest BCUT2D eigenvalue weighted by molar-refractivity contribution is -0.151. The van der Waals surface area contributed by atoms with E-state index in [1.807, 2.05) is 60.8 Å². The van der Waals surface area contributed by atoms with Crippen molar-refractivity contribution in [2.45, 2.75) is 264 Å². The van der Waals surface area contributed by atoms with E-state index in [9.17, 15) is 19.8 Å². The van der Waals surface area contributed by atoms with E-state index in [0.29, 0.717) is 19.3 Å². The summed E-state index contributed by atoms with van der Waals surface area (Å²) in [4.78, 5) is 26.1. The average molecular weight is 866 g/mol. The Morgan fingerprint density at radius 2 is 0.871 bits per heavy atom. The second-order valence-electron chi connectivity index (χ2n) is 17.7. The lowest BCUT2D eigenvalue weighted by Gasteiger charge is -2.24. The van der Waals surface area contributed by atoms with Crippen LogP contribution < -0.4 is 5.32 Å². The number of carbonyl (C=O) groups excluding carboxylic acids is 2. The standard InChI is InChI=1S/C56H99NO5/c1-4-7-10-13-16-19-22-24-26-27-29-31-34-36-39-42-45-48-54(59)53(51-58)57-55(60)50-52(62-56(61)49-46-43-40-37-32-21-18-15-12-9-6-3)47-44-41-38-35-33-30-28-25-23-20-17-14-11-8-5-2/h8,11,14,17,20,23,25,28,30,33,35,38,52-54,58-59H,4-7,9-10,12-13,15-16,18-19,21-22,24,26-27,29,31-32,34,36-37,39-51H2,1-3H3,(H,57,60)/b11-8-,17-14+,23-20+,28-25-,33-30+,38-35+. The van der Waals surface area contributed by atoms with Gasteiger partial charge in [-0.1, -0.05) is 267 Å². The van der Waals surface area contributed by atoms with Gasteiger partial charge in [0.25, 0.3) is 0 Å². The highest BCUT2D eigenvalue weighted by Crippen LogP contribution is 2.17. The Morgan fingerprint density at radius 3 is 1.29 bits per heavy atom. The zero-order chi connectivity index (χ0) is 45.2. The van der Waals surface area contributed by atoms with Crippen molar-refractivity contribution in [1.82, 2.24) is 5.32 Å². The number of allylic oxidation sites excluding steroid dienone is 12. The molecule has 6 heteroatoms. The first-order valence-electron chi connectivity index (χ1n) is 26.2. The van der Waals surface area contributed by atoms with Crippen molar-refractivity contribution in [2.24, 2.45) is 0 Å². The van der Waals surface area contributed by atoms with Crippen molar-refractivity contribution in [3.05, 3.63) is 72.9 Å². The van der Waals surface area contributed by atoms with Gasteiger partial charge < -0.3 is 20.3 Å². The smallest absolute Gasteiger partial charge is 0.306 e. The molecule has 0 aromatic carbocycles. The number of hydrogen-bond acceptors (Lipinski definition) is 5. The summed E-state index contributed by atoms with van der Waals surface area (Å²) >= 11 is 0. The summed E-state index contributed by atoms with van der Waals surface area (Å²) in [5, 5.41) is 23.8. The second kappa shape index (κ2) is 49.3. The van der Waals surface area contributed by atoms with Crippen LogP contribution in [0.25, 0.3) is 0 Å². The normalized spacial score (nSPS) is 13.8. The molecule has 0 bridgehead atoms. The maximum absolute atomic E-state index is 13.2. The molecule has 0 saturated heterocycles. The van der Waals surface area contributed by atoms with Crippen LogP contribution in [0.1, 0.15) is 245 Å². The third-order valence-electron chi connectivity index (χ3n) is 11.7. The number of carbonyl (C=O) groups is 2. The van der Waals surface area contributed by atoms with Gasteiger partial charge in [-0.25, -0.2) is 0 Å². The monoisotopic (exact) mass is 866 g/mol. The van der Waals surface area contributed by atoms with Crippen molar-refractivity contribution >= 4 is 11.9 Å².